The maximum atomic E-state index is 4.13. The molecule has 1 aromatic carbocycles. The van der Waals surface area contributed by atoms with Crippen molar-refractivity contribution in [3.8, 4) is 0 Å². The molecule has 0 radical (unpaired) electrons. The summed E-state index contributed by atoms with van der Waals surface area (Å²) < 4.78 is 2.56. The summed E-state index contributed by atoms with van der Waals surface area (Å²) in [6.45, 7) is 1.08. The molecule has 2 aromatic rings. The van der Waals surface area contributed by atoms with Crippen molar-refractivity contribution in [3.05, 3.63) is 54.6 Å². The van der Waals surface area contributed by atoms with Crippen LogP contribution < -0.4 is 0 Å². The van der Waals surface area contributed by atoms with Crippen molar-refractivity contribution in [3.63, 3.8) is 0 Å². The Morgan fingerprint density at radius 2 is 1.95 bits per heavy atom. The zero-order valence-corrected chi connectivity index (χ0v) is 13.9. The van der Waals surface area contributed by atoms with E-state index < -0.39 is 0 Å². The Hall–Kier alpha value is -0.870. The fourth-order valence-corrected chi connectivity index (χ4v) is 6.26. The number of hydrogen-bond acceptors (Lipinski definition) is 3. The zero-order chi connectivity index (χ0) is 14.4. The van der Waals surface area contributed by atoms with Gasteiger partial charge in [0.1, 0.15) is 0 Å². The lowest BCUT2D eigenvalue weighted by Gasteiger charge is -2.36. The molecule has 1 saturated heterocycles. The van der Waals surface area contributed by atoms with Crippen LogP contribution in [-0.4, -0.2) is 25.1 Å². The molecule has 1 aliphatic rings. The van der Waals surface area contributed by atoms with E-state index in [1.54, 1.807) is 0 Å². The third kappa shape index (κ3) is 4.30. The summed E-state index contributed by atoms with van der Waals surface area (Å²) in [5.41, 5.74) is 1.47. The lowest BCUT2D eigenvalue weighted by atomic mass is 10.1. The minimum Gasteiger partial charge on any atom is -0.337 e. The third-order valence-corrected chi connectivity index (χ3v) is 7.31. The normalized spacial score (nSPS) is 17.7. The van der Waals surface area contributed by atoms with Gasteiger partial charge in [0, 0.05) is 18.9 Å². The predicted molar refractivity (Wildman–Crippen MR) is 93.9 cm³/mol. The fourth-order valence-electron chi connectivity index (χ4n) is 2.81. The number of imidazole rings is 1. The van der Waals surface area contributed by atoms with E-state index >= 15 is 0 Å². The Kier molecular flexibility index (Phi) is 5.31. The second-order valence-corrected chi connectivity index (χ2v) is 8.74. The lowest BCUT2D eigenvalue weighted by Crippen LogP contribution is -2.28. The maximum absolute atomic E-state index is 4.13. The van der Waals surface area contributed by atoms with Crippen molar-refractivity contribution in [1.82, 2.24) is 9.55 Å². The minimum absolute atomic E-state index is 0.375. The molecule has 0 saturated carbocycles. The molecule has 0 atom stereocenters. The molecule has 0 bridgehead atoms. The molecular formula is C17H22N2S2. The van der Waals surface area contributed by atoms with Gasteiger partial charge in [-0.3, -0.25) is 0 Å². The summed E-state index contributed by atoms with van der Waals surface area (Å²) in [6.07, 6.45) is 10.9. The Balaban J connectivity index is 1.62. The molecule has 0 N–H and O–H groups in total. The largest absolute Gasteiger partial charge is 0.337 e. The first-order valence-corrected chi connectivity index (χ1v) is 9.61. The molecule has 112 valence electrons. The molecule has 2 heterocycles. The molecule has 2 nitrogen and oxygen atoms in total. The second-order valence-electron chi connectivity index (χ2n) is 5.53. The van der Waals surface area contributed by atoms with Crippen LogP contribution in [0.3, 0.4) is 0 Å². The Morgan fingerprint density at radius 1 is 1.14 bits per heavy atom. The Morgan fingerprint density at radius 3 is 2.67 bits per heavy atom. The quantitative estimate of drug-likeness (QED) is 0.782. The first kappa shape index (κ1) is 15.0. The number of benzene rings is 1. The van der Waals surface area contributed by atoms with Gasteiger partial charge in [0.05, 0.1) is 10.4 Å². The average Bonchev–Trinajstić information content (AvgIpc) is 3.02. The summed E-state index contributed by atoms with van der Waals surface area (Å²) in [7, 11) is 0. The topological polar surface area (TPSA) is 17.8 Å². The summed E-state index contributed by atoms with van der Waals surface area (Å²) >= 11 is 4.36. The van der Waals surface area contributed by atoms with E-state index in [9.17, 15) is 0 Å². The van der Waals surface area contributed by atoms with Gasteiger partial charge in [0.15, 0.2) is 0 Å². The molecule has 1 aromatic heterocycles. The van der Waals surface area contributed by atoms with Gasteiger partial charge in [0.25, 0.3) is 0 Å². The van der Waals surface area contributed by atoms with Gasteiger partial charge in [-0.25, -0.2) is 4.98 Å². The van der Waals surface area contributed by atoms with E-state index in [1.165, 1.54) is 42.8 Å². The molecule has 0 amide bonds. The summed E-state index contributed by atoms with van der Waals surface area (Å²) in [6, 6.07) is 11.0. The van der Waals surface area contributed by atoms with Gasteiger partial charge in [-0.15, -0.1) is 23.5 Å². The maximum Gasteiger partial charge on any atom is 0.0945 e. The standard InChI is InChI=1S/C17H22N2S2/c1-2-6-16(7-3-1)14-17(20-12-5-13-21-17)8-4-10-19-11-9-18-15-19/h1-3,6-7,9,11,15H,4-5,8,10,12-14H2. The molecular weight excluding hydrogens is 296 g/mol. The molecule has 21 heavy (non-hydrogen) atoms. The molecule has 1 aliphatic heterocycles. The van der Waals surface area contributed by atoms with Gasteiger partial charge in [-0.2, -0.15) is 0 Å². The van der Waals surface area contributed by atoms with E-state index in [-0.39, 0.29) is 0 Å². The van der Waals surface area contributed by atoms with E-state index in [4.69, 9.17) is 0 Å². The smallest absolute Gasteiger partial charge is 0.0945 e. The van der Waals surface area contributed by atoms with Crippen LogP contribution in [0.5, 0.6) is 0 Å². The van der Waals surface area contributed by atoms with Gasteiger partial charge in [-0.05, 0) is 42.8 Å². The number of aromatic nitrogens is 2. The number of hydrogen-bond donors (Lipinski definition) is 0. The van der Waals surface area contributed by atoms with Crippen LogP contribution in [0.15, 0.2) is 49.1 Å². The van der Waals surface area contributed by atoms with Gasteiger partial charge in [0.2, 0.25) is 0 Å². The van der Waals surface area contributed by atoms with Crippen molar-refractivity contribution in [2.24, 2.45) is 0 Å². The summed E-state index contributed by atoms with van der Waals surface area (Å²) in [5, 5.41) is 0. The number of rotatable bonds is 6. The Labute approximate surface area is 135 Å². The highest BCUT2D eigenvalue weighted by atomic mass is 32.2. The molecule has 3 rings (SSSR count). The highest BCUT2D eigenvalue weighted by molar-refractivity contribution is 8.18. The van der Waals surface area contributed by atoms with Crippen LogP contribution in [0.4, 0.5) is 0 Å². The van der Waals surface area contributed by atoms with Gasteiger partial charge >= 0.3 is 0 Å². The van der Waals surface area contributed by atoms with Crippen LogP contribution in [0.1, 0.15) is 24.8 Å². The van der Waals surface area contributed by atoms with Crippen LogP contribution in [0.25, 0.3) is 0 Å². The van der Waals surface area contributed by atoms with Crippen LogP contribution in [0, 0.1) is 0 Å². The first-order valence-electron chi connectivity index (χ1n) is 7.64. The van der Waals surface area contributed by atoms with E-state index in [0.29, 0.717) is 4.08 Å². The van der Waals surface area contributed by atoms with Gasteiger partial charge in [-0.1, -0.05) is 30.3 Å². The monoisotopic (exact) mass is 318 g/mol. The van der Waals surface area contributed by atoms with Crippen molar-refractivity contribution in [1.29, 1.82) is 0 Å². The highest BCUT2D eigenvalue weighted by Gasteiger charge is 2.33. The van der Waals surface area contributed by atoms with Crippen LogP contribution in [0.2, 0.25) is 0 Å². The molecule has 0 unspecified atom stereocenters. The number of thioether (sulfide) groups is 2. The van der Waals surface area contributed by atoms with E-state index in [0.717, 1.165) is 6.54 Å². The summed E-state index contributed by atoms with van der Waals surface area (Å²) in [5.74, 6) is 2.62. The third-order valence-electron chi connectivity index (χ3n) is 3.87. The van der Waals surface area contributed by atoms with Crippen molar-refractivity contribution in [2.45, 2.75) is 36.3 Å². The van der Waals surface area contributed by atoms with Crippen LogP contribution in [-0.2, 0) is 13.0 Å². The van der Waals surface area contributed by atoms with E-state index in [1.807, 2.05) is 12.5 Å². The van der Waals surface area contributed by atoms with Crippen LogP contribution >= 0.6 is 23.5 Å². The zero-order valence-electron chi connectivity index (χ0n) is 12.3. The molecule has 0 spiro atoms. The Bertz CT molecular complexity index is 519. The molecule has 0 aliphatic carbocycles. The molecule has 1 fully saturated rings. The fraction of sp³-hybridized carbons (Fsp3) is 0.471. The highest BCUT2D eigenvalue weighted by Crippen LogP contribution is 2.47. The average molecular weight is 319 g/mol. The van der Waals surface area contributed by atoms with Crippen molar-refractivity contribution < 1.29 is 0 Å². The first-order chi connectivity index (χ1) is 10.4. The van der Waals surface area contributed by atoms with Crippen molar-refractivity contribution >= 4 is 23.5 Å². The number of nitrogens with zero attached hydrogens (tertiary/aromatic N) is 2. The summed E-state index contributed by atoms with van der Waals surface area (Å²) in [4.78, 5) is 4.13. The number of aryl methyl sites for hydroxylation is 1. The SMILES string of the molecule is c1ccc(CC2(CCCn3ccnc3)SCCCS2)cc1. The minimum atomic E-state index is 0.375. The predicted octanol–water partition coefficient (Wildman–Crippen LogP) is 4.47. The lowest BCUT2D eigenvalue weighted by molar-refractivity contribution is 0.575. The van der Waals surface area contributed by atoms with Crippen molar-refractivity contribution in [2.75, 3.05) is 11.5 Å². The van der Waals surface area contributed by atoms with Gasteiger partial charge < -0.3 is 4.57 Å². The van der Waals surface area contributed by atoms with E-state index in [2.05, 4.69) is 69.6 Å². The second kappa shape index (κ2) is 7.41. The molecule has 4 heteroatoms.